The second-order valence-corrected chi connectivity index (χ2v) is 5.31. The predicted octanol–water partition coefficient (Wildman–Crippen LogP) is 3.42. The predicted molar refractivity (Wildman–Crippen MR) is 84.7 cm³/mol. The van der Waals surface area contributed by atoms with Crippen LogP contribution in [-0.2, 0) is 4.79 Å². The molecule has 112 valence electrons. The van der Waals surface area contributed by atoms with Gasteiger partial charge in [0, 0.05) is 19.7 Å². The Morgan fingerprint density at radius 2 is 1.91 bits per heavy atom. The van der Waals surface area contributed by atoms with Gasteiger partial charge in [0.1, 0.15) is 5.75 Å². The molecule has 0 unspecified atom stereocenters. The first-order chi connectivity index (χ1) is 10.5. The Morgan fingerprint density at radius 3 is 2.45 bits per heavy atom. The van der Waals surface area contributed by atoms with Crippen molar-refractivity contribution in [3.8, 4) is 11.8 Å². The quantitative estimate of drug-likeness (QED) is 0.869. The van der Waals surface area contributed by atoms with Gasteiger partial charge in [0.25, 0.3) is 5.91 Å². The van der Waals surface area contributed by atoms with E-state index in [0.717, 1.165) is 5.56 Å². The molecular weight excluding hydrogens is 300 g/mol. The molecule has 0 radical (unpaired) electrons. The maximum Gasteiger partial charge on any atom is 0.267 e. The molecule has 1 amide bonds. The van der Waals surface area contributed by atoms with Crippen molar-refractivity contribution in [1.82, 2.24) is 4.90 Å². The van der Waals surface area contributed by atoms with Crippen LogP contribution in [0.5, 0.6) is 5.75 Å². The fourth-order valence-electron chi connectivity index (χ4n) is 1.92. The van der Waals surface area contributed by atoms with Crippen LogP contribution >= 0.6 is 11.6 Å². The normalized spacial score (nSPS) is 11.4. The van der Waals surface area contributed by atoms with Crippen molar-refractivity contribution in [2.45, 2.75) is 6.10 Å². The van der Waals surface area contributed by atoms with E-state index in [1.165, 1.54) is 11.0 Å². The van der Waals surface area contributed by atoms with Gasteiger partial charge in [0.05, 0.1) is 16.7 Å². The lowest BCUT2D eigenvalue weighted by Crippen LogP contribution is -2.31. The molecule has 2 rings (SSSR count). The summed E-state index contributed by atoms with van der Waals surface area (Å²) in [4.78, 5) is 13.9. The molecule has 4 nitrogen and oxygen atoms in total. The molecule has 0 N–H and O–H groups in total. The van der Waals surface area contributed by atoms with E-state index in [2.05, 4.69) is 0 Å². The van der Waals surface area contributed by atoms with Gasteiger partial charge in [-0.15, -0.1) is 0 Å². The minimum atomic E-state index is -0.790. The summed E-state index contributed by atoms with van der Waals surface area (Å²) in [6, 6.07) is 15.9. The van der Waals surface area contributed by atoms with E-state index >= 15 is 0 Å². The van der Waals surface area contributed by atoms with Crippen LogP contribution in [0.25, 0.3) is 0 Å². The Balaban J connectivity index is 2.35. The number of hydrogen-bond donors (Lipinski definition) is 0. The maximum atomic E-state index is 12.4. The molecule has 0 aromatic heterocycles. The largest absolute Gasteiger partial charge is 0.474 e. The number of nitrogens with zero attached hydrogens (tertiary/aromatic N) is 2. The second-order valence-electron chi connectivity index (χ2n) is 4.90. The van der Waals surface area contributed by atoms with E-state index in [4.69, 9.17) is 21.6 Å². The highest BCUT2D eigenvalue weighted by Crippen LogP contribution is 2.30. The minimum Gasteiger partial charge on any atom is -0.474 e. The fourth-order valence-corrected chi connectivity index (χ4v) is 2.14. The maximum absolute atomic E-state index is 12.4. The zero-order valence-corrected chi connectivity index (χ0v) is 13.0. The van der Waals surface area contributed by atoms with Crippen LogP contribution in [0.3, 0.4) is 0 Å². The van der Waals surface area contributed by atoms with Gasteiger partial charge < -0.3 is 9.64 Å². The minimum absolute atomic E-state index is 0.188. The summed E-state index contributed by atoms with van der Waals surface area (Å²) in [5.41, 5.74) is 1.18. The summed E-state index contributed by atoms with van der Waals surface area (Å²) in [5, 5.41) is 9.16. The molecule has 0 fully saturated rings. The van der Waals surface area contributed by atoms with Gasteiger partial charge in [-0.2, -0.15) is 5.26 Å². The number of carbonyl (C=O) groups is 1. The molecule has 2 aromatic rings. The summed E-state index contributed by atoms with van der Waals surface area (Å²) < 4.78 is 5.82. The van der Waals surface area contributed by atoms with Crippen LogP contribution in [0.15, 0.2) is 48.5 Å². The topological polar surface area (TPSA) is 53.3 Å². The lowest BCUT2D eigenvalue weighted by Gasteiger charge is -2.22. The Bertz CT molecular complexity index is 708. The lowest BCUT2D eigenvalue weighted by molar-refractivity contribution is -0.136. The molecule has 5 heteroatoms. The molecule has 22 heavy (non-hydrogen) atoms. The van der Waals surface area contributed by atoms with Crippen molar-refractivity contribution in [2.24, 2.45) is 0 Å². The van der Waals surface area contributed by atoms with E-state index in [1.807, 2.05) is 36.4 Å². The molecule has 0 saturated heterocycles. The van der Waals surface area contributed by atoms with Crippen molar-refractivity contribution in [3.05, 3.63) is 64.7 Å². The summed E-state index contributed by atoms with van der Waals surface area (Å²) in [5.74, 6) is 0.177. The Morgan fingerprint density at radius 1 is 1.23 bits per heavy atom. The molecule has 0 saturated carbocycles. The van der Waals surface area contributed by atoms with Gasteiger partial charge in [-0.1, -0.05) is 41.9 Å². The van der Waals surface area contributed by atoms with Crippen molar-refractivity contribution in [3.63, 3.8) is 0 Å². The van der Waals surface area contributed by atoms with Gasteiger partial charge in [0.2, 0.25) is 6.10 Å². The third-order valence-electron chi connectivity index (χ3n) is 3.07. The van der Waals surface area contributed by atoms with Gasteiger partial charge in [-0.05, 0) is 18.2 Å². The summed E-state index contributed by atoms with van der Waals surface area (Å²) in [6.07, 6.45) is -0.790. The Hall–Kier alpha value is -2.51. The monoisotopic (exact) mass is 314 g/mol. The van der Waals surface area contributed by atoms with Crippen LogP contribution in [-0.4, -0.2) is 24.9 Å². The fraction of sp³-hybridized carbons (Fsp3) is 0.176. The average molecular weight is 315 g/mol. The number of likely N-dealkylation sites (N-methyl/N-ethyl adjacent to an activating group) is 1. The van der Waals surface area contributed by atoms with Crippen molar-refractivity contribution < 1.29 is 9.53 Å². The van der Waals surface area contributed by atoms with Crippen molar-refractivity contribution in [1.29, 1.82) is 5.26 Å². The third-order valence-corrected chi connectivity index (χ3v) is 3.37. The SMILES string of the molecule is CN(C)C(=O)[C@@H](Oc1ccc(C#N)cc1Cl)c1ccccc1. The first kappa shape index (κ1) is 15.9. The summed E-state index contributed by atoms with van der Waals surface area (Å²) >= 11 is 6.12. The van der Waals surface area contributed by atoms with Gasteiger partial charge in [0.15, 0.2) is 0 Å². The molecular formula is C17H15ClN2O2. The number of amides is 1. The van der Waals surface area contributed by atoms with E-state index in [-0.39, 0.29) is 5.91 Å². The third kappa shape index (κ3) is 3.57. The smallest absolute Gasteiger partial charge is 0.267 e. The van der Waals surface area contributed by atoms with E-state index in [1.54, 1.807) is 26.2 Å². The molecule has 0 bridgehead atoms. The van der Waals surface area contributed by atoms with Crippen molar-refractivity contribution in [2.75, 3.05) is 14.1 Å². The number of halogens is 1. The van der Waals surface area contributed by atoms with Crippen molar-refractivity contribution >= 4 is 17.5 Å². The van der Waals surface area contributed by atoms with Gasteiger partial charge >= 0.3 is 0 Å². The van der Waals surface area contributed by atoms with Crippen LogP contribution < -0.4 is 4.74 Å². The first-order valence-electron chi connectivity index (χ1n) is 6.65. The van der Waals surface area contributed by atoms with Gasteiger partial charge in [-0.3, -0.25) is 4.79 Å². The van der Waals surface area contributed by atoms with Crippen LogP contribution in [0.4, 0.5) is 0 Å². The second kappa shape index (κ2) is 6.97. The molecule has 0 heterocycles. The summed E-state index contributed by atoms with van der Waals surface area (Å²) in [6.45, 7) is 0. The number of hydrogen-bond acceptors (Lipinski definition) is 3. The number of carbonyl (C=O) groups excluding carboxylic acids is 1. The highest BCUT2D eigenvalue weighted by molar-refractivity contribution is 6.32. The van der Waals surface area contributed by atoms with Gasteiger partial charge in [-0.25, -0.2) is 0 Å². The average Bonchev–Trinajstić information content (AvgIpc) is 2.53. The lowest BCUT2D eigenvalue weighted by atomic mass is 10.1. The number of rotatable bonds is 4. The van der Waals surface area contributed by atoms with E-state index < -0.39 is 6.10 Å². The molecule has 0 aliphatic heterocycles. The highest BCUT2D eigenvalue weighted by atomic mass is 35.5. The molecule has 0 aliphatic carbocycles. The molecule has 1 atom stereocenters. The first-order valence-corrected chi connectivity index (χ1v) is 7.03. The van der Waals surface area contributed by atoms with E-state index in [9.17, 15) is 4.79 Å². The number of benzene rings is 2. The zero-order chi connectivity index (χ0) is 16.1. The number of nitriles is 1. The van der Waals surface area contributed by atoms with Crippen LogP contribution in [0.2, 0.25) is 5.02 Å². The standard InChI is InChI=1S/C17H15ClN2O2/c1-20(2)17(21)16(13-6-4-3-5-7-13)22-15-9-8-12(11-19)10-14(15)18/h3-10,16H,1-2H3/t16-/m0/s1. The molecule has 0 spiro atoms. The van der Waals surface area contributed by atoms with Crippen LogP contribution in [0, 0.1) is 11.3 Å². The summed E-state index contributed by atoms with van der Waals surface area (Å²) in [7, 11) is 3.34. The Kier molecular flexibility index (Phi) is 5.03. The molecule has 2 aromatic carbocycles. The highest BCUT2D eigenvalue weighted by Gasteiger charge is 2.25. The molecule has 0 aliphatic rings. The zero-order valence-electron chi connectivity index (χ0n) is 12.3. The number of ether oxygens (including phenoxy) is 1. The van der Waals surface area contributed by atoms with E-state index in [0.29, 0.717) is 16.3 Å². The Labute approximate surface area is 134 Å². The van der Waals surface area contributed by atoms with Crippen LogP contribution in [0.1, 0.15) is 17.2 Å².